The lowest BCUT2D eigenvalue weighted by Gasteiger charge is -2.36. The first-order chi connectivity index (χ1) is 7.49. The van der Waals surface area contributed by atoms with Crippen LogP contribution in [0.2, 0.25) is 0 Å². The zero-order valence-corrected chi connectivity index (χ0v) is 12.8. The minimum atomic E-state index is -0.536. The first kappa shape index (κ1) is 18.0. The molecule has 2 fully saturated rings. The zero-order valence-electron chi connectivity index (χ0n) is 11.2. The van der Waals surface area contributed by atoms with E-state index >= 15 is 0 Å². The fourth-order valence-corrected chi connectivity index (χ4v) is 2.60. The molecular weight excluding hydrogens is 273 g/mol. The first-order valence-corrected chi connectivity index (χ1v) is 6.23. The Balaban J connectivity index is 0.00000144. The van der Waals surface area contributed by atoms with E-state index < -0.39 is 5.54 Å². The molecule has 0 spiro atoms. The van der Waals surface area contributed by atoms with Gasteiger partial charge >= 0.3 is 0 Å². The Kier molecular flexibility index (Phi) is 6.41. The largest absolute Gasteiger partial charge is 0.353 e. The van der Waals surface area contributed by atoms with Gasteiger partial charge in [-0.2, -0.15) is 0 Å². The summed E-state index contributed by atoms with van der Waals surface area (Å²) in [5, 5.41) is 3.04. The van der Waals surface area contributed by atoms with Crippen molar-refractivity contribution in [3.63, 3.8) is 0 Å². The number of nitrogens with one attached hydrogen (secondary N) is 1. The number of carbonyl (C=O) groups is 1. The lowest BCUT2D eigenvalue weighted by molar-refractivity contribution is -0.123. The van der Waals surface area contributed by atoms with E-state index in [0.29, 0.717) is 0 Å². The van der Waals surface area contributed by atoms with Crippen LogP contribution in [0.1, 0.15) is 38.5 Å². The number of amides is 1. The second kappa shape index (κ2) is 6.42. The number of nitrogens with zero attached hydrogens (tertiary/aromatic N) is 1. The Bertz CT molecular complexity index is 287. The number of likely N-dealkylation sites (N-methyl/N-ethyl adjacent to an activating group) is 1. The molecule has 108 valence electrons. The van der Waals surface area contributed by atoms with Crippen molar-refractivity contribution in [2.24, 2.45) is 5.73 Å². The van der Waals surface area contributed by atoms with Crippen LogP contribution in [0.15, 0.2) is 0 Å². The van der Waals surface area contributed by atoms with E-state index in [-0.39, 0.29) is 36.3 Å². The number of nitrogens with two attached hydrogens (primary N) is 1. The Morgan fingerprint density at radius 1 is 1.17 bits per heavy atom. The lowest BCUT2D eigenvalue weighted by Crippen LogP contribution is -2.54. The third kappa shape index (κ3) is 3.50. The number of hydrogen-bond acceptors (Lipinski definition) is 3. The molecule has 0 saturated heterocycles. The highest BCUT2D eigenvalue weighted by Gasteiger charge is 2.47. The van der Waals surface area contributed by atoms with E-state index in [1.807, 2.05) is 0 Å². The van der Waals surface area contributed by atoms with Crippen LogP contribution in [-0.4, -0.2) is 42.5 Å². The van der Waals surface area contributed by atoms with Crippen molar-refractivity contribution in [3.8, 4) is 0 Å². The van der Waals surface area contributed by atoms with E-state index in [9.17, 15) is 4.79 Å². The standard InChI is InChI=1S/C12H23N3O.2ClH/c1-15(2)11(5-3-4-6-11)9-14-10(16)12(13)7-8-12;;/h3-9,13H2,1-2H3,(H,14,16);2*1H. The summed E-state index contributed by atoms with van der Waals surface area (Å²) in [5.41, 5.74) is 5.50. The number of rotatable bonds is 4. The molecule has 6 heteroatoms. The van der Waals surface area contributed by atoms with Gasteiger partial charge in [-0.3, -0.25) is 4.79 Å². The summed E-state index contributed by atoms with van der Waals surface area (Å²) in [4.78, 5) is 14.1. The topological polar surface area (TPSA) is 58.4 Å². The van der Waals surface area contributed by atoms with Gasteiger partial charge in [0.1, 0.15) is 0 Å². The molecule has 4 nitrogen and oxygen atoms in total. The average molecular weight is 298 g/mol. The molecule has 0 heterocycles. The van der Waals surface area contributed by atoms with Gasteiger partial charge in [0.05, 0.1) is 5.54 Å². The maximum atomic E-state index is 11.8. The van der Waals surface area contributed by atoms with Crippen molar-refractivity contribution in [2.75, 3.05) is 20.6 Å². The first-order valence-electron chi connectivity index (χ1n) is 6.23. The third-order valence-corrected chi connectivity index (χ3v) is 4.30. The minimum Gasteiger partial charge on any atom is -0.353 e. The van der Waals surface area contributed by atoms with Gasteiger partial charge in [-0.25, -0.2) is 0 Å². The molecular formula is C12H25Cl2N3O. The second-order valence-corrected chi connectivity index (χ2v) is 5.66. The molecule has 2 saturated carbocycles. The van der Waals surface area contributed by atoms with Crippen LogP contribution in [0, 0.1) is 0 Å². The van der Waals surface area contributed by atoms with Gasteiger partial charge in [-0.1, -0.05) is 12.8 Å². The van der Waals surface area contributed by atoms with Crippen LogP contribution in [0.25, 0.3) is 0 Å². The Hall–Kier alpha value is -0.0300. The summed E-state index contributed by atoms with van der Waals surface area (Å²) < 4.78 is 0. The maximum Gasteiger partial charge on any atom is 0.240 e. The zero-order chi connectivity index (χ0) is 11.8. The average Bonchev–Trinajstić information content (AvgIpc) is 2.83. The van der Waals surface area contributed by atoms with Crippen LogP contribution in [-0.2, 0) is 4.79 Å². The second-order valence-electron chi connectivity index (χ2n) is 5.66. The van der Waals surface area contributed by atoms with E-state index in [0.717, 1.165) is 19.4 Å². The summed E-state index contributed by atoms with van der Waals surface area (Å²) in [6, 6.07) is 0. The van der Waals surface area contributed by atoms with E-state index in [4.69, 9.17) is 5.73 Å². The molecule has 3 N–H and O–H groups in total. The molecule has 0 bridgehead atoms. The molecule has 0 unspecified atom stereocenters. The number of hydrogen-bond donors (Lipinski definition) is 2. The molecule has 0 aromatic heterocycles. The van der Waals surface area contributed by atoms with E-state index in [1.54, 1.807) is 0 Å². The molecule has 2 aliphatic carbocycles. The minimum absolute atomic E-state index is 0. The van der Waals surface area contributed by atoms with Gasteiger partial charge in [0.15, 0.2) is 0 Å². The van der Waals surface area contributed by atoms with Crippen molar-refractivity contribution in [2.45, 2.75) is 49.6 Å². The molecule has 0 aliphatic heterocycles. The molecule has 0 aromatic carbocycles. The lowest BCUT2D eigenvalue weighted by atomic mass is 9.96. The van der Waals surface area contributed by atoms with Crippen molar-refractivity contribution in [3.05, 3.63) is 0 Å². The highest BCUT2D eigenvalue weighted by molar-refractivity contribution is 5.89. The molecule has 0 atom stereocenters. The predicted molar refractivity (Wildman–Crippen MR) is 78.5 cm³/mol. The van der Waals surface area contributed by atoms with Crippen LogP contribution in [0.3, 0.4) is 0 Å². The fourth-order valence-electron chi connectivity index (χ4n) is 2.60. The summed E-state index contributed by atoms with van der Waals surface area (Å²) in [7, 11) is 4.21. The maximum absolute atomic E-state index is 11.8. The van der Waals surface area contributed by atoms with Gasteiger partial charge < -0.3 is 16.0 Å². The summed E-state index contributed by atoms with van der Waals surface area (Å²) in [5.74, 6) is 0.0422. The van der Waals surface area contributed by atoms with Crippen LogP contribution in [0.5, 0.6) is 0 Å². The molecule has 18 heavy (non-hydrogen) atoms. The van der Waals surface area contributed by atoms with Crippen molar-refractivity contribution >= 4 is 30.7 Å². The van der Waals surface area contributed by atoms with Crippen LogP contribution in [0.4, 0.5) is 0 Å². The predicted octanol–water partition coefficient (Wildman–Crippen LogP) is 1.31. The molecule has 2 rings (SSSR count). The van der Waals surface area contributed by atoms with Gasteiger partial charge in [-0.15, -0.1) is 24.8 Å². The highest BCUT2D eigenvalue weighted by atomic mass is 35.5. The van der Waals surface area contributed by atoms with Crippen LogP contribution >= 0.6 is 24.8 Å². The Morgan fingerprint density at radius 3 is 2.06 bits per heavy atom. The van der Waals surface area contributed by atoms with E-state index in [2.05, 4.69) is 24.3 Å². The third-order valence-electron chi connectivity index (χ3n) is 4.30. The van der Waals surface area contributed by atoms with Crippen molar-refractivity contribution in [1.82, 2.24) is 10.2 Å². The van der Waals surface area contributed by atoms with Gasteiger partial charge in [-0.05, 0) is 39.8 Å². The SMILES string of the molecule is CN(C)C1(CNC(=O)C2(N)CC2)CCCC1.Cl.Cl. The number of halogens is 2. The summed E-state index contributed by atoms with van der Waals surface area (Å²) >= 11 is 0. The monoisotopic (exact) mass is 297 g/mol. The van der Waals surface area contributed by atoms with Gasteiger partial charge in [0.2, 0.25) is 5.91 Å². The quantitative estimate of drug-likeness (QED) is 0.823. The summed E-state index contributed by atoms with van der Waals surface area (Å²) in [6.07, 6.45) is 6.57. The summed E-state index contributed by atoms with van der Waals surface area (Å²) in [6.45, 7) is 0.748. The smallest absolute Gasteiger partial charge is 0.240 e. The van der Waals surface area contributed by atoms with Gasteiger partial charge in [0.25, 0.3) is 0 Å². The molecule has 0 radical (unpaired) electrons. The van der Waals surface area contributed by atoms with Crippen molar-refractivity contribution in [1.29, 1.82) is 0 Å². The highest BCUT2D eigenvalue weighted by Crippen LogP contribution is 2.35. The van der Waals surface area contributed by atoms with Crippen LogP contribution < -0.4 is 11.1 Å². The van der Waals surface area contributed by atoms with Gasteiger partial charge in [0, 0.05) is 12.1 Å². The Labute approximate surface area is 122 Å². The number of carbonyl (C=O) groups excluding carboxylic acids is 1. The molecule has 0 aromatic rings. The normalized spacial score (nSPS) is 22.9. The Morgan fingerprint density at radius 2 is 1.67 bits per heavy atom. The van der Waals surface area contributed by atoms with E-state index in [1.165, 1.54) is 25.7 Å². The molecule has 2 aliphatic rings. The van der Waals surface area contributed by atoms with Crippen molar-refractivity contribution < 1.29 is 4.79 Å². The fraction of sp³-hybridized carbons (Fsp3) is 0.917. The molecule has 1 amide bonds.